The molecule has 1 unspecified atom stereocenters. The minimum absolute atomic E-state index is 0.0922. The molecule has 2 heterocycles. The molecule has 0 saturated heterocycles. The monoisotopic (exact) mass is 619 g/mol. The first-order valence-electron chi connectivity index (χ1n) is 11.0. The number of hydrogen-bond donors (Lipinski definition) is 1. The van der Waals surface area contributed by atoms with E-state index in [-0.39, 0.29) is 36.0 Å². The zero-order valence-electron chi connectivity index (χ0n) is 19.6. The third kappa shape index (κ3) is 6.98. The van der Waals surface area contributed by atoms with Gasteiger partial charge in [-0.25, -0.2) is 13.6 Å². The summed E-state index contributed by atoms with van der Waals surface area (Å²) in [6.07, 6.45) is -0.611. The molecule has 1 aliphatic rings. The highest BCUT2D eigenvalue weighted by Gasteiger charge is 2.33. The highest BCUT2D eigenvalue weighted by Crippen LogP contribution is 2.53. The van der Waals surface area contributed by atoms with Crippen molar-refractivity contribution >= 4 is 37.3 Å². The van der Waals surface area contributed by atoms with Crippen LogP contribution in [0.1, 0.15) is 22.1 Å². The Morgan fingerprint density at radius 1 is 1.11 bits per heavy atom. The van der Waals surface area contributed by atoms with Crippen LogP contribution in [-0.4, -0.2) is 48.6 Å². The first kappa shape index (κ1) is 27.7. The van der Waals surface area contributed by atoms with Gasteiger partial charge in [-0.15, -0.1) is 11.3 Å². The van der Waals surface area contributed by atoms with Gasteiger partial charge in [-0.1, -0.05) is 18.2 Å². The number of alkyl halides is 2. The molecule has 0 amide bonds. The Morgan fingerprint density at radius 2 is 1.89 bits per heavy atom. The van der Waals surface area contributed by atoms with E-state index in [9.17, 15) is 17.2 Å². The smallest absolute Gasteiger partial charge is 0.387 e. The Bertz CT molecular complexity index is 1350. The quantitative estimate of drug-likeness (QED) is 0.281. The van der Waals surface area contributed by atoms with Crippen LogP contribution in [0.15, 0.2) is 46.3 Å². The summed E-state index contributed by atoms with van der Waals surface area (Å²) < 4.78 is 78.6. The Morgan fingerprint density at radius 3 is 2.57 bits per heavy atom. The Hall–Kier alpha value is -2.29. The summed E-state index contributed by atoms with van der Waals surface area (Å²) >= 11 is 4.89. The third-order valence-corrected chi connectivity index (χ3v) is 7.74. The number of primary sulfonamides is 1. The number of fused-ring (bicyclic) bond motifs is 3. The van der Waals surface area contributed by atoms with E-state index in [2.05, 4.69) is 15.9 Å². The minimum Gasteiger partial charge on any atom is -0.487 e. The van der Waals surface area contributed by atoms with Gasteiger partial charge in [0.15, 0.2) is 17.6 Å². The number of nitrogens with two attached hydrogens (primary N) is 1. The van der Waals surface area contributed by atoms with Crippen LogP contribution in [0.25, 0.3) is 11.1 Å². The van der Waals surface area contributed by atoms with Crippen molar-refractivity contribution < 1.29 is 40.9 Å². The molecule has 0 spiro atoms. The summed E-state index contributed by atoms with van der Waals surface area (Å²) in [7, 11) is -2.25. The van der Waals surface area contributed by atoms with Crippen molar-refractivity contribution in [3.8, 4) is 28.4 Å². The maximum absolute atomic E-state index is 13.5. The van der Waals surface area contributed by atoms with Gasteiger partial charge in [0, 0.05) is 12.7 Å². The van der Waals surface area contributed by atoms with Gasteiger partial charge in [0.2, 0.25) is 10.0 Å². The fraction of sp³-hybridized carbons (Fsp3) is 0.333. The number of thiophene rings is 1. The second kappa shape index (κ2) is 12.0. The van der Waals surface area contributed by atoms with Crippen LogP contribution in [0, 0.1) is 0 Å². The molecule has 4 rings (SSSR count). The Kier molecular flexibility index (Phi) is 9.03. The molecule has 0 radical (unpaired) electrons. The summed E-state index contributed by atoms with van der Waals surface area (Å²) in [4.78, 5) is 0.830. The summed E-state index contributed by atoms with van der Waals surface area (Å²) in [5, 5.41) is 5.25. The second-order valence-corrected chi connectivity index (χ2v) is 12.1. The number of rotatable bonds is 12. The highest BCUT2D eigenvalue weighted by atomic mass is 79.9. The first-order valence-corrected chi connectivity index (χ1v) is 14.4. The molecule has 200 valence electrons. The molecule has 3 aromatic rings. The Balaban J connectivity index is 1.77. The lowest BCUT2D eigenvalue weighted by molar-refractivity contribution is -0.0515. The van der Waals surface area contributed by atoms with E-state index < -0.39 is 22.7 Å². The van der Waals surface area contributed by atoms with Gasteiger partial charge in [0.05, 0.1) is 39.8 Å². The SMILES string of the molecule is COCCOCCOc1ccc2c(c1OC(F)F)-c1ccc(CS(N)(=O)=O)cc1C(c1ccc(Br)s1)O2. The van der Waals surface area contributed by atoms with E-state index in [0.29, 0.717) is 35.7 Å². The van der Waals surface area contributed by atoms with E-state index in [1.165, 1.54) is 17.4 Å². The number of methoxy groups -OCH3 is 1. The predicted octanol–water partition coefficient (Wildman–Crippen LogP) is 5.09. The van der Waals surface area contributed by atoms with Crippen LogP contribution in [0.3, 0.4) is 0 Å². The Labute approximate surface area is 225 Å². The molecule has 0 saturated carbocycles. The van der Waals surface area contributed by atoms with Gasteiger partial charge < -0.3 is 23.7 Å². The van der Waals surface area contributed by atoms with Crippen LogP contribution < -0.4 is 19.3 Å². The van der Waals surface area contributed by atoms with Crippen molar-refractivity contribution in [3.05, 3.63) is 62.3 Å². The topological polar surface area (TPSA) is 106 Å². The van der Waals surface area contributed by atoms with Crippen LogP contribution in [0.2, 0.25) is 0 Å². The van der Waals surface area contributed by atoms with Crippen molar-refractivity contribution in [2.75, 3.05) is 33.5 Å². The maximum Gasteiger partial charge on any atom is 0.387 e. The van der Waals surface area contributed by atoms with Crippen LogP contribution in [0.5, 0.6) is 17.2 Å². The number of sulfonamides is 1. The van der Waals surface area contributed by atoms with Crippen LogP contribution in [0.4, 0.5) is 8.78 Å². The van der Waals surface area contributed by atoms with Gasteiger partial charge in [-0.3, -0.25) is 0 Å². The standard InChI is InChI=1S/C24H24BrF2NO7S2/c1-31-8-9-32-10-11-33-18-5-4-17-21(23(18)35-24(26)27)15-3-2-14(13-37(28,29)30)12-16(15)22(34-17)19-6-7-20(25)36-19/h2-7,12,22,24H,8-11,13H2,1H3,(H2,28,29,30). The summed E-state index contributed by atoms with van der Waals surface area (Å²) in [6, 6.07) is 11.8. The van der Waals surface area contributed by atoms with Crippen molar-refractivity contribution in [2.24, 2.45) is 5.14 Å². The van der Waals surface area contributed by atoms with Gasteiger partial charge in [0.1, 0.15) is 12.4 Å². The number of halogens is 3. The molecule has 0 bridgehead atoms. The van der Waals surface area contributed by atoms with Crippen molar-refractivity contribution in [3.63, 3.8) is 0 Å². The van der Waals surface area contributed by atoms with Crippen molar-refractivity contribution in [1.29, 1.82) is 0 Å². The average molecular weight is 620 g/mol. The molecular weight excluding hydrogens is 596 g/mol. The first-order chi connectivity index (χ1) is 17.7. The summed E-state index contributed by atoms with van der Waals surface area (Å²) in [5.41, 5.74) is 1.85. The van der Waals surface area contributed by atoms with Crippen molar-refractivity contribution in [2.45, 2.75) is 18.5 Å². The molecule has 2 aromatic carbocycles. The van der Waals surface area contributed by atoms with Gasteiger partial charge in [-0.05, 0) is 51.3 Å². The summed E-state index contributed by atoms with van der Waals surface area (Å²) in [6.45, 7) is -2.03. The molecule has 37 heavy (non-hydrogen) atoms. The molecule has 2 N–H and O–H groups in total. The fourth-order valence-electron chi connectivity index (χ4n) is 3.92. The summed E-state index contributed by atoms with van der Waals surface area (Å²) in [5.74, 6) is -0.160. The minimum atomic E-state index is -3.80. The molecule has 0 fully saturated rings. The van der Waals surface area contributed by atoms with Crippen LogP contribution >= 0.6 is 27.3 Å². The lowest BCUT2D eigenvalue weighted by Crippen LogP contribution is -2.18. The van der Waals surface area contributed by atoms with E-state index in [0.717, 1.165) is 8.66 Å². The van der Waals surface area contributed by atoms with Gasteiger partial charge >= 0.3 is 6.61 Å². The average Bonchev–Trinajstić information content (AvgIpc) is 3.26. The molecule has 1 aliphatic heterocycles. The van der Waals surface area contributed by atoms with Gasteiger partial charge in [-0.2, -0.15) is 8.78 Å². The lowest BCUT2D eigenvalue weighted by atomic mass is 9.90. The fourth-order valence-corrected chi connectivity index (χ4v) is 6.04. The number of ether oxygens (including phenoxy) is 5. The molecule has 1 atom stereocenters. The molecule has 1 aromatic heterocycles. The zero-order chi connectivity index (χ0) is 26.6. The maximum atomic E-state index is 13.5. The molecule has 8 nitrogen and oxygen atoms in total. The largest absolute Gasteiger partial charge is 0.487 e. The van der Waals surface area contributed by atoms with E-state index in [1.807, 2.05) is 12.1 Å². The normalized spacial score (nSPS) is 14.7. The predicted molar refractivity (Wildman–Crippen MR) is 138 cm³/mol. The van der Waals surface area contributed by atoms with Crippen LogP contribution in [-0.2, 0) is 25.2 Å². The molecular formula is C24H24BrF2NO7S2. The second-order valence-electron chi connectivity index (χ2n) is 7.97. The van der Waals surface area contributed by atoms with Gasteiger partial charge in [0.25, 0.3) is 0 Å². The number of benzene rings is 2. The highest BCUT2D eigenvalue weighted by molar-refractivity contribution is 9.11. The van der Waals surface area contributed by atoms with E-state index in [4.69, 9.17) is 28.8 Å². The zero-order valence-corrected chi connectivity index (χ0v) is 22.8. The lowest BCUT2D eigenvalue weighted by Gasteiger charge is -2.30. The number of hydrogen-bond acceptors (Lipinski definition) is 8. The van der Waals surface area contributed by atoms with Crippen molar-refractivity contribution in [1.82, 2.24) is 0 Å². The van der Waals surface area contributed by atoms with E-state index in [1.54, 1.807) is 31.4 Å². The molecule has 0 aliphatic carbocycles. The molecule has 13 heteroatoms. The van der Waals surface area contributed by atoms with E-state index >= 15 is 0 Å². The third-order valence-electron chi connectivity index (χ3n) is 5.34.